The molecule has 0 saturated carbocycles. The molecule has 1 amide bonds. The number of ether oxygens (including phenoxy) is 1. The third-order valence-electron chi connectivity index (χ3n) is 3.63. The van der Waals surface area contributed by atoms with Crippen LogP contribution in [-0.4, -0.2) is 34.6 Å². The highest BCUT2D eigenvalue weighted by molar-refractivity contribution is 7.89. The van der Waals surface area contributed by atoms with Crippen molar-refractivity contribution in [2.45, 2.75) is 17.9 Å². The van der Waals surface area contributed by atoms with Crippen molar-refractivity contribution in [3.8, 4) is 0 Å². The predicted octanol–water partition coefficient (Wildman–Crippen LogP) is 2.10. The van der Waals surface area contributed by atoms with Gasteiger partial charge in [0, 0.05) is 25.3 Å². The van der Waals surface area contributed by atoms with Crippen LogP contribution >= 0.6 is 0 Å². The van der Waals surface area contributed by atoms with Gasteiger partial charge in [0.05, 0.1) is 11.5 Å². The number of benzene rings is 2. The number of amides is 1. The van der Waals surface area contributed by atoms with E-state index in [1.54, 1.807) is 26.2 Å². The Morgan fingerprint density at radius 1 is 1.12 bits per heavy atom. The van der Waals surface area contributed by atoms with Crippen molar-refractivity contribution in [3.63, 3.8) is 0 Å². The van der Waals surface area contributed by atoms with Crippen LogP contribution in [0.3, 0.4) is 0 Å². The second-order valence-corrected chi connectivity index (χ2v) is 7.24. The number of carbonyl (C=O) groups excluding carboxylic acids is 1. The van der Waals surface area contributed by atoms with Crippen LogP contribution in [0.25, 0.3) is 0 Å². The van der Waals surface area contributed by atoms with Crippen LogP contribution < -0.4 is 10.0 Å². The van der Waals surface area contributed by atoms with E-state index in [1.165, 1.54) is 12.1 Å². The highest BCUT2D eigenvalue weighted by Crippen LogP contribution is 2.17. The summed E-state index contributed by atoms with van der Waals surface area (Å²) in [5, 5.41) is 2.67. The predicted molar refractivity (Wildman–Crippen MR) is 95.8 cm³/mol. The number of methoxy groups -OCH3 is 1. The molecule has 1 unspecified atom stereocenters. The van der Waals surface area contributed by atoms with Crippen molar-refractivity contribution in [2.75, 3.05) is 20.3 Å². The maximum atomic E-state index is 12.6. The van der Waals surface area contributed by atoms with Crippen LogP contribution in [0.15, 0.2) is 59.5 Å². The Morgan fingerprint density at radius 2 is 1.84 bits per heavy atom. The first kappa shape index (κ1) is 19.1. The van der Waals surface area contributed by atoms with Crippen LogP contribution in [0.2, 0.25) is 0 Å². The number of rotatable bonds is 8. The van der Waals surface area contributed by atoms with E-state index >= 15 is 0 Å². The van der Waals surface area contributed by atoms with E-state index in [9.17, 15) is 13.2 Å². The lowest BCUT2D eigenvalue weighted by Gasteiger charge is -2.15. The van der Waals surface area contributed by atoms with Crippen LogP contribution in [0.4, 0.5) is 0 Å². The molecule has 0 radical (unpaired) electrons. The SMILES string of the molecule is COCCNC(=O)c1cccc(S(=O)(=O)NC(C)c2ccccc2)c1. The van der Waals surface area contributed by atoms with Crippen molar-refractivity contribution in [3.05, 3.63) is 65.7 Å². The topological polar surface area (TPSA) is 84.5 Å². The summed E-state index contributed by atoms with van der Waals surface area (Å²) in [6, 6.07) is 14.8. The molecule has 1 atom stereocenters. The first-order valence-corrected chi connectivity index (χ1v) is 9.37. The van der Waals surface area contributed by atoms with Gasteiger partial charge in [-0.05, 0) is 30.7 Å². The van der Waals surface area contributed by atoms with Crippen molar-refractivity contribution in [1.82, 2.24) is 10.0 Å². The normalized spacial score (nSPS) is 12.6. The molecule has 6 nitrogen and oxygen atoms in total. The summed E-state index contributed by atoms with van der Waals surface area (Å²) in [6.07, 6.45) is 0. The lowest BCUT2D eigenvalue weighted by molar-refractivity contribution is 0.0937. The van der Waals surface area contributed by atoms with Gasteiger partial charge in [-0.25, -0.2) is 13.1 Å². The minimum absolute atomic E-state index is 0.0506. The molecule has 0 aliphatic heterocycles. The molecule has 0 aliphatic carbocycles. The Labute approximate surface area is 148 Å². The molecule has 7 heteroatoms. The number of nitrogens with one attached hydrogen (secondary N) is 2. The van der Waals surface area contributed by atoms with Crippen molar-refractivity contribution in [2.24, 2.45) is 0 Å². The molecule has 25 heavy (non-hydrogen) atoms. The van der Waals surface area contributed by atoms with E-state index in [-0.39, 0.29) is 22.4 Å². The van der Waals surface area contributed by atoms with E-state index in [0.29, 0.717) is 13.2 Å². The molecule has 0 saturated heterocycles. The van der Waals surface area contributed by atoms with E-state index < -0.39 is 10.0 Å². The molecule has 0 aliphatic rings. The van der Waals surface area contributed by atoms with Gasteiger partial charge in [0.2, 0.25) is 10.0 Å². The monoisotopic (exact) mass is 362 g/mol. The van der Waals surface area contributed by atoms with Gasteiger partial charge in [-0.1, -0.05) is 36.4 Å². The lowest BCUT2D eigenvalue weighted by Crippen LogP contribution is -2.29. The van der Waals surface area contributed by atoms with Crippen molar-refractivity contribution in [1.29, 1.82) is 0 Å². The fourth-order valence-electron chi connectivity index (χ4n) is 2.28. The van der Waals surface area contributed by atoms with Gasteiger partial charge in [0.1, 0.15) is 0 Å². The Hall–Kier alpha value is -2.22. The Bertz CT molecular complexity index is 807. The summed E-state index contributed by atoms with van der Waals surface area (Å²) in [6.45, 7) is 2.52. The standard InChI is InChI=1S/C18H22N2O4S/c1-14(15-7-4-3-5-8-15)20-25(22,23)17-10-6-9-16(13-17)18(21)19-11-12-24-2/h3-10,13-14,20H,11-12H2,1-2H3,(H,19,21). The van der Waals surface area contributed by atoms with Gasteiger partial charge in [0.25, 0.3) is 5.91 Å². The molecule has 2 N–H and O–H groups in total. The van der Waals surface area contributed by atoms with Crippen molar-refractivity contribution < 1.29 is 17.9 Å². The molecule has 0 fully saturated rings. The van der Waals surface area contributed by atoms with Crippen LogP contribution in [0, 0.1) is 0 Å². The summed E-state index contributed by atoms with van der Waals surface area (Å²) in [5.74, 6) is -0.342. The molecule has 2 aromatic rings. The average Bonchev–Trinajstić information content (AvgIpc) is 2.62. The Balaban J connectivity index is 2.14. The average molecular weight is 362 g/mol. The Morgan fingerprint density at radius 3 is 2.52 bits per heavy atom. The molecule has 134 valence electrons. The second kappa shape index (κ2) is 8.75. The highest BCUT2D eigenvalue weighted by Gasteiger charge is 2.19. The molecule has 2 aromatic carbocycles. The molecule has 0 spiro atoms. The van der Waals surface area contributed by atoms with E-state index in [1.807, 2.05) is 30.3 Å². The zero-order chi connectivity index (χ0) is 18.3. The number of sulfonamides is 1. The number of hydrogen-bond acceptors (Lipinski definition) is 4. The van der Waals surface area contributed by atoms with Crippen molar-refractivity contribution >= 4 is 15.9 Å². The zero-order valence-corrected chi connectivity index (χ0v) is 15.0. The summed E-state index contributed by atoms with van der Waals surface area (Å²) in [7, 11) is -2.20. The first-order chi connectivity index (χ1) is 11.9. The zero-order valence-electron chi connectivity index (χ0n) is 14.2. The quantitative estimate of drug-likeness (QED) is 0.705. The molecular formula is C18H22N2O4S. The summed E-state index contributed by atoms with van der Waals surface area (Å²) in [5.41, 5.74) is 1.14. The fraction of sp³-hybridized carbons (Fsp3) is 0.278. The number of carbonyl (C=O) groups is 1. The molecular weight excluding hydrogens is 340 g/mol. The van der Waals surface area contributed by atoms with Gasteiger partial charge in [-0.2, -0.15) is 0 Å². The van der Waals surface area contributed by atoms with E-state index in [2.05, 4.69) is 10.0 Å². The fourth-order valence-corrected chi connectivity index (χ4v) is 3.56. The first-order valence-electron chi connectivity index (χ1n) is 7.88. The lowest BCUT2D eigenvalue weighted by atomic mass is 10.1. The van der Waals surface area contributed by atoms with Gasteiger partial charge in [-0.3, -0.25) is 4.79 Å². The third kappa shape index (κ3) is 5.38. The molecule has 0 aromatic heterocycles. The van der Waals surface area contributed by atoms with E-state index in [0.717, 1.165) is 5.56 Å². The third-order valence-corrected chi connectivity index (χ3v) is 5.17. The Kier molecular flexibility index (Phi) is 6.69. The molecule has 2 rings (SSSR count). The molecule has 0 bridgehead atoms. The van der Waals surface area contributed by atoms with Crippen LogP contribution in [0.5, 0.6) is 0 Å². The van der Waals surface area contributed by atoms with Gasteiger partial charge >= 0.3 is 0 Å². The largest absolute Gasteiger partial charge is 0.383 e. The summed E-state index contributed by atoms with van der Waals surface area (Å²) in [4.78, 5) is 12.1. The maximum Gasteiger partial charge on any atom is 0.251 e. The highest BCUT2D eigenvalue weighted by atomic mass is 32.2. The summed E-state index contributed by atoms with van der Waals surface area (Å²) >= 11 is 0. The second-order valence-electron chi connectivity index (χ2n) is 5.53. The minimum Gasteiger partial charge on any atom is -0.383 e. The van der Waals surface area contributed by atoms with E-state index in [4.69, 9.17) is 4.74 Å². The molecule has 0 heterocycles. The van der Waals surface area contributed by atoms with Crippen LogP contribution in [-0.2, 0) is 14.8 Å². The van der Waals surface area contributed by atoms with Gasteiger partial charge in [0.15, 0.2) is 0 Å². The van der Waals surface area contributed by atoms with Crippen LogP contribution in [0.1, 0.15) is 28.9 Å². The van der Waals surface area contributed by atoms with Gasteiger partial charge < -0.3 is 10.1 Å². The van der Waals surface area contributed by atoms with Gasteiger partial charge in [-0.15, -0.1) is 0 Å². The number of hydrogen-bond donors (Lipinski definition) is 2. The summed E-state index contributed by atoms with van der Waals surface area (Å²) < 4.78 is 32.7. The minimum atomic E-state index is -3.74. The smallest absolute Gasteiger partial charge is 0.251 e. The maximum absolute atomic E-state index is 12.6.